The van der Waals surface area contributed by atoms with Crippen molar-refractivity contribution in [3.05, 3.63) is 12.2 Å². The van der Waals surface area contributed by atoms with Crippen LogP contribution in [0.2, 0.25) is 0 Å². The molecule has 0 radical (unpaired) electrons. The molecule has 1 unspecified atom stereocenters. The van der Waals surface area contributed by atoms with Gasteiger partial charge in [-0.25, -0.2) is 0 Å². The largest absolute Gasteiger partial charge is 0.376 e. The molecule has 0 fully saturated rings. The molecule has 3 nitrogen and oxygen atoms in total. The van der Waals surface area contributed by atoms with E-state index in [4.69, 9.17) is 4.74 Å². The number of carbonyl (C=O) groups excluding carboxylic acids is 1. The molecule has 0 saturated carbocycles. The molecule has 1 heterocycles. The van der Waals surface area contributed by atoms with Gasteiger partial charge >= 0.3 is 0 Å². The van der Waals surface area contributed by atoms with Crippen molar-refractivity contribution in [1.82, 2.24) is 5.32 Å². The van der Waals surface area contributed by atoms with Gasteiger partial charge in [-0.3, -0.25) is 4.79 Å². The van der Waals surface area contributed by atoms with E-state index in [1.54, 1.807) is 0 Å². The zero-order valence-corrected chi connectivity index (χ0v) is 12.3. The highest BCUT2D eigenvalue weighted by Crippen LogP contribution is 2.12. The van der Waals surface area contributed by atoms with Crippen LogP contribution in [0, 0.1) is 0 Å². The standard InChI is InChI=1S/C16H29NO2/c1-2-10-15-11-8-6-4-3-5-7-9-12-16(18)17-13-14-19-15/h3,5,15H,2,4,6-14H2,1H3,(H,17,18). The van der Waals surface area contributed by atoms with Crippen molar-refractivity contribution in [2.75, 3.05) is 13.2 Å². The van der Waals surface area contributed by atoms with E-state index >= 15 is 0 Å². The topological polar surface area (TPSA) is 38.3 Å². The van der Waals surface area contributed by atoms with Gasteiger partial charge in [-0.05, 0) is 38.5 Å². The van der Waals surface area contributed by atoms with Crippen molar-refractivity contribution in [3.8, 4) is 0 Å². The highest BCUT2D eigenvalue weighted by Gasteiger charge is 2.08. The molecule has 0 aromatic rings. The Kier molecular flexibility index (Phi) is 9.42. The van der Waals surface area contributed by atoms with Gasteiger partial charge in [-0.15, -0.1) is 0 Å². The molecule has 1 aliphatic rings. The number of carbonyl (C=O) groups is 1. The third kappa shape index (κ3) is 8.82. The molecule has 1 atom stereocenters. The van der Waals surface area contributed by atoms with E-state index in [0.29, 0.717) is 25.7 Å². The van der Waals surface area contributed by atoms with Crippen molar-refractivity contribution >= 4 is 5.91 Å². The summed E-state index contributed by atoms with van der Waals surface area (Å²) in [6, 6.07) is 0. The molecule has 0 aromatic heterocycles. The fourth-order valence-electron chi connectivity index (χ4n) is 2.39. The number of allylic oxidation sites excluding steroid dienone is 2. The lowest BCUT2D eigenvalue weighted by atomic mass is 10.1. The molecule has 19 heavy (non-hydrogen) atoms. The van der Waals surface area contributed by atoms with E-state index in [1.165, 1.54) is 12.8 Å². The van der Waals surface area contributed by atoms with Crippen molar-refractivity contribution < 1.29 is 9.53 Å². The normalized spacial score (nSPS) is 24.3. The average molecular weight is 267 g/mol. The number of hydrogen-bond acceptors (Lipinski definition) is 2. The summed E-state index contributed by atoms with van der Waals surface area (Å²) in [6.45, 7) is 3.49. The molecule has 0 aromatic carbocycles. The fourth-order valence-corrected chi connectivity index (χ4v) is 2.39. The van der Waals surface area contributed by atoms with Gasteiger partial charge in [0.25, 0.3) is 0 Å². The van der Waals surface area contributed by atoms with Gasteiger partial charge < -0.3 is 10.1 Å². The summed E-state index contributed by atoms with van der Waals surface area (Å²) in [7, 11) is 0. The van der Waals surface area contributed by atoms with Crippen LogP contribution >= 0.6 is 0 Å². The first-order chi connectivity index (χ1) is 9.33. The molecule has 1 aliphatic heterocycles. The van der Waals surface area contributed by atoms with E-state index in [9.17, 15) is 4.79 Å². The highest BCUT2D eigenvalue weighted by atomic mass is 16.5. The Morgan fingerprint density at radius 2 is 2.05 bits per heavy atom. The van der Waals surface area contributed by atoms with Crippen LogP contribution in [0.3, 0.4) is 0 Å². The van der Waals surface area contributed by atoms with Crippen LogP contribution in [0.5, 0.6) is 0 Å². The lowest BCUT2D eigenvalue weighted by Crippen LogP contribution is -2.28. The zero-order chi connectivity index (χ0) is 13.8. The van der Waals surface area contributed by atoms with Crippen molar-refractivity contribution in [3.63, 3.8) is 0 Å². The maximum Gasteiger partial charge on any atom is 0.220 e. The third-order valence-electron chi connectivity index (χ3n) is 3.48. The van der Waals surface area contributed by atoms with Crippen molar-refractivity contribution in [2.24, 2.45) is 0 Å². The molecule has 0 saturated heterocycles. The smallest absolute Gasteiger partial charge is 0.220 e. The van der Waals surface area contributed by atoms with E-state index < -0.39 is 0 Å². The third-order valence-corrected chi connectivity index (χ3v) is 3.48. The molecule has 3 heteroatoms. The van der Waals surface area contributed by atoms with E-state index in [-0.39, 0.29) is 5.91 Å². The van der Waals surface area contributed by atoms with E-state index in [0.717, 1.165) is 38.5 Å². The zero-order valence-electron chi connectivity index (χ0n) is 12.3. The molecule has 0 spiro atoms. The highest BCUT2D eigenvalue weighted by molar-refractivity contribution is 5.75. The van der Waals surface area contributed by atoms with Gasteiger partial charge in [0.05, 0.1) is 12.7 Å². The number of rotatable bonds is 2. The number of ether oxygens (including phenoxy) is 1. The molecule has 110 valence electrons. The minimum atomic E-state index is 0.152. The number of hydrogen-bond donors (Lipinski definition) is 1. The maximum atomic E-state index is 11.5. The van der Waals surface area contributed by atoms with Gasteiger partial charge in [0.1, 0.15) is 0 Å². The van der Waals surface area contributed by atoms with Gasteiger partial charge in [-0.1, -0.05) is 31.9 Å². The SMILES string of the molecule is CCCC1CCCCC=CCCCC(=O)NCCO1. The minimum absolute atomic E-state index is 0.152. The van der Waals surface area contributed by atoms with Crippen LogP contribution in [0.15, 0.2) is 12.2 Å². The summed E-state index contributed by atoms with van der Waals surface area (Å²) in [4.78, 5) is 11.5. The lowest BCUT2D eigenvalue weighted by molar-refractivity contribution is -0.121. The van der Waals surface area contributed by atoms with Gasteiger partial charge in [0.15, 0.2) is 0 Å². The van der Waals surface area contributed by atoms with Gasteiger partial charge in [0.2, 0.25) is 5.91 Å². The summed E-state index contributed by atoms with van der Waals surface area (Å²) in [5.74, 6) is 0.152. The summed E-state index contributed by atoms with van der Waals surface area (Å²) in [6.07, 6.45) is 14.5. The summed E-state index contributed by atoms with van der Waals surface area (Å²) in [5, 5.41) is 2.93. The predicted molar refractivity (Wildman–Crippen MR) is 79.1 cm³/mol. The van der Waals surface area contributed by atoms with E-state index in [2.05, 4.69) is 24.4 Å². The van der Waals surface area contributed by atoms with Gasteiger partial charge in [-0.2, -0.15) is 0 Å². The minimum Gasteiger partial charge on any atom is -0.376 e. The summed E-state index contributed by atoms with van der Waals surface area (Å²) < 4.78 is 5.87. The van der Waals surface area contributed by atoms with Crippen LogP contribution in [-0.2, 0) is 9.53 Å². The first-order valence-corrected chi connectivity index (χ1v) is 7.86. The molecule has 0 aliphatic carbocycles. The monoisotopic (exact) mass is 267 g/mol. The first kappa shape index (κ1) is 16.2. The Bertz CT molecular complexity index is 263. The lowest BCUT2D eigenvalue weighted by Gasteiger charge is -2.17. The first-order valence-electron chi connectivity index (χ1n) is 7.86. The predicted octanol–water partition coefficient (Wildman–Crippen LogP) is 3.59. The van der Waals surface area contributed by atoms with Crippen molar-refractivity contribution in [2.45, 2.75) is 70.8 Å². The Hall–Kier alpha value is -0.830. The van der Waals surface area contributed by atoms with Crippen LogP contribution in [0.4, 0.5) is 0 Å². The van der Waals surface area contributed by atoms with Crippen molar-refractivity contribution in [1.29, 1.82) is 0 Å². The summed E-state index contributed by atoms with van der Waals surface area (Å²) >= 11 is 0. The van der Waals surface area contributed by atoms with E-state index in [1.807, 2.05) is 0 Å². The second kappa shape index (κ2) is 11.0. The average Bonchev–Trinajstić information content (AvgIpc) is 2.41. The van der Waals surface area contributed by atoms with Crippen LogP contribution in [0.1, 0.15) is 64.7 Å². The number of amides is 1. The van der Waals surface area contributed by atoms with Crippen LogP contribution in [-0.4, -0.2) is 25.2 Å². The molecular formula is C16H29NO2. The fraction of sp³-hybridized carbons (Fsp3) is 0.812. The Morgan fingerprint density at radius 3 is 2.84 bits per heavy atom. The van der Waals surface area contributed by atoms with Crippen LogP contribution in [0.25, 0.3) is 0 Å². The molecule has 1 N–H and O–H groups in total. The Morgan fingerprint density at radius 1 is 1.26 bits per heavy atom. The van der Waals surface area contributed by atoms with Gasteiger partial charge in [0, 0.05) is 13.0 Å². The molecule has 0 bridgehead atoms. The second-order valence-electron chi connectivity index (χ2n) is 5.28. The number of nitrogens with one attached hydrogen (secondary N) is 1. The van der Waals surface area contributed by atoms with Crippen LogP contribution < -0.4 is 5.32 Å². The molecule has 1 rings (SSSR count). The Labute approximate surface area is 117 Å². The Balaban J connectivity index is 2.35. The second-order valence-corrected chi connectivity index (χ2v) is 5.28. The molecule has 1 amide bonds. The summed E-state index contributed by atoms with van der Waals surface area (Å²) in [5.41, 5.74) is 0. The maximum absolute atomic E-state index is 11.5. The quantitative estimate of drug-likeness (QED) is 0.776. The molecular weight excluding hydrogens is 238 g/mol.